The number of Topliss-reactive ketones (excluding diaryl/α,β-unsaturated/α-hetero) is 1. The van der Waals surface area contributed by atoms with Crippen molar-refractivity contribution < 1.29 is 33.8 Å². The Balaban J connectivity index is 1.82. The van der Waals surface area contributed by atoms with Gasteiger partial charge in [0.15, 0.2) is 5.78 Å². The van der Waals surface area contributed by atoms with Crippen LogP contribution in [0.2, 0.25) is 0 Å². The first-order chi connectivity index (χ1) is 20.0. The number of aliphatic hydroxyl groups excluding tert-OH is 1. The molecule has 11 heteroatoms. The molecule has 4 N–H and O–H groups in total. The van der Waals surface area contributed by atoms with Crippen molar-refractivity contribution in [2.45, 2.75) is 115 Å². The third kappa shape index (κ3) is 8.53. The Kier molecular flexibility index (Phi) is 11.9. The lowest BCUT2D eigenvalue weighted by molar-refractivity contribution is -0.144. The van der Waals surface area contributed by atoms with Crippen molar-refractivity contribution in [3.8, 4) is 5.75 Å². The lowest BCUT2D eigenvalue weighted by Crippen LogP contribution is -2.65. The molecule has 0 aliphatic carbocycles. The van der Waals surface area contributed by atoms with E-state index in [4.69, 9.17) is 4.74 Å². The number of amides is 4. The molecule has 0 aromatic heterocycles. The monoisotopic (exact) mass is 586 g/mol. The highest BCUT2D eigenvalue weighted by Crippen LogP contribution is 2.23. The van der Waals surface area contributed by atoms with Gasteiger partial charge in [0.05, 0.1) is 6.61 Å². The van der Waals surface area contributed by atoms with Gasteiger partial charge < -0.3 is 30.7 Å². The molecule has 2 fully saturated rings. The molecule has 2 saturated heterocycles. The average molecular weight is 587 g/mol. The Bertz CT molecular complexity index is 1120. The number of benzene rings is 1. The molecule has 0 bridgehead atoms. The molecule has 11 nitrogen and oxygen atoms in total. The Morgan fingerprint density at radius 3 is 2.40 bits per heavy atom. The standard InChI is InChI=1S/C31H46N4O7/c1-5-31(4)30(41)33-24(19-21-14-16-22(17-15-21)42-6-2)29(40)35-18-10-12-25(35)28(39)32-23(27(38)34-31)11-8-7-9-13-26(37)20(3)36/h14-17,20,23-25,36H,5-13,18-19H2,1-4H3,(H,32,39)(H,33,41)(H,34,38)/t20-,23+,24+,25-,31+/m1/s1. The van der Waals surface area contributed by atoms with Gasteiger partial charge in [-0.05, 0) is 70.6 Å². The van der Waals surface area contributed by atoms with E-state index in [2.05, 4.69) is 16.0 Å². The Morgan fingerprint density at radius 1 is 1.05 bits per heavy atom. The van der Waals surface area contributed by atoms with Gasteiger partial charge in [0.2, 0.25) is 23.6 Å². The van der Waals surface area contributed by atoms with E-state index in [-0.39, 0.29) is 31.0 Å². The highest BCUT2D eigenvalue weighted by molar-refractivity contribution is 5.99. The quantitative estimate of drug-likeness (QED) is 0.272. The van der Waals surface area contributed by atoms with Gasteiger partial charge in [-0.1, -0.05) is 31.9 Å². The van der Waals surface area contributed by atoms with Crippen LogP contribution in [0.25, 0.3) is 0 Å². The van der Waals surface area contributed by atoms with Gasteiger partial charge in [-0.3, -0.25) is 24.0 Å². The fraction of sp³-hybridized carbons (Fsp3) is 0.645. The number of ether oxygens (including phenoxy) is 1. The third-order valence-corrected chi connectivity index (χ3v) is 8.24. The van der Waals surface area contributed by atoms with Crippen molar-refractivity contribution in [3.63, 3.8) is 0 Å². The number of rotatable bonds is 12. The second-order valence-corrected chi connectivity index (χ2v) is 11.5. The number of unbranched alkanes of at least 4 members (excludes halogenated alkanes) is 2. The number of aliphatic hydroxyl groups is 1. The van der Waals surface area contributed by atoms with Gasteiger partial charge in [0.1, 0.15) is 35.5 Å². The molecule has 1 aromatic rings. The second kappa shape index (κ2) is 15.1. The maximum absolute atomic E-state index is 13.9. The summed E-state index contributed by atoms with van der Waals surface area (Å²) in [6.07, 6.45) is 2.87. The fourth-order valence-electron chi connectivity index (χ4n) is 5.38. The molecule has 0 spiro atoms. The number of ketones is 1. The minimum absolute atomic E-state index is 0.218. The zero-order valence-corrected chi connectivity index (χ0v) is 25.2. The van der Waals surface area contributed by atoms with Crippen LogP contribution >= 0.6 is 0 Å². The molecule has 1 aromatic carbocycles. The smallest absolute Gasteiger partial charge is 0.246 e. The van der Waals surface area contributed by atoms with Crippen molar-refractivity contribution in [3.05, 3.63) is 29.8 Å². The Morgan fingerprint density at radius 2 is 1.76 bits per heavy atom. The van der Waals surface area contributed by atoms with E-state index in [9.17, 15) is 29.1 Å². The molecule has 42 heavy (non-hydrogen) atoms. The lowest BCUT2D eigenvalue weighted by atomic mass is 9.94. The summed E-state index contributed by atoms with van der Waals surface area (Å²) in [6, 6.07) is 4.75. The van der Waals surface area contributed by atoms with Crippen LogP contribution < -0.4 is 20.7 Å². The van der Waals surface area contributed by atoms with E-state index in [1.165, 1.54) is 11.8 Å². The van der Waals surface area contributed by atoms with Gasteiger partial charge in [0, 0.05) is 19.4 Å². The molecule has 232 valence electrons. The predicted octanol–water partition coefficient (Wildman–Crippen LogP) is 1.79. The van der Waals surface area contributed by atoms with E-state index < -0.39 is 47.5 Å². The molecule has 4 amide bonds. The summed E-state index contributed by atoms with van der Waals surface area (Å²) in [5.41, 5.74) is -0.494. The van der Waals surface area contributed by atoms with Crippen LogP contribution in [0.1, 0.15) is 84.6 Å². The van der Waals surface area contributed by atoms with Gasteiger partial charge in [-0.15, -0.1) is 0 Å². The number of carbonyl (C=O) groups is 5. The summed E-state index contributed by atoms with van der Waals surface area (Å²) >= 11 is 0. The van der Waals surface area contributed by atoms with Crippen LogP contribution in [0.3, 0.4) is 0 Å². The minimum Gasteiger partial charge on any atom is -0.494 e. The molecule has 0 saturated carbocycles. The van der Waals surface area contributed by atoms with E-state index in [0.717, 1.165) is 5.56 Å². The second-order valence-electron chi connectivity index (χ2n) is 11.5. The Hall–Kier alpha value is -3.47. The van der Waals surface area contributed by atoms with Crippen molar-refractivity contribution in [2.24, 2.45) is 0 Å². The first-order valence-corrected chi connectivity index (χ1v) is 15.2. The number of hydrogen-bond donors (Lipinski definition) is 4. The zero-order chi connectivity index (χ0) is 30.9. The maximum atomic E-state index is 13.9. The summed E-state index contributed by atoms with van der Waals surface area (Å²) in [5, 5.41) is 18.0. The summed E-state index contributed by atoms with van der Waals surface area (Å²) in [5.74, 6) is -1.20. The number of hydrogen-bond acceptors (Lipinski definition) is 7. The van der Waals surface area contributed by atoms with Gasteiger partial charge in [0.25, 0.3) is 0 Å². The zero-order valence-electron chi connectivity index (χ0n) is 25.2. The number of carbonyl (C=O) groups excluding carboxylic acids is 5. The topological polar surface area (TPSA) is 154 Å². The number of nitrogens with zero attached hydrogens (tertiary/aromatic N) is 1. The molecular weight excluding hydrogens is 540 g/mol. The fourth-order valence-corrected chi connectivity index (χ4v) is 5.38. The van der Waals surface area contributed by atoms with Crippen LogP contribution in [0, 0.1) is 0 Å². The van der Waals surface area contributed by atoms with E-state index in [1.54, 1.807) is 13.8 Å². The van der Waals surface area contributed by atoms with Crippen molar-refractivity contribution in [1.82, 2.24) is 20.9 Å². The van der Waals surface area contributed by atoms with Gasteiger partial charge >= 0.3 is 0 Å². The van der Waals surface area contributed by atoms with Crippen LogP contribution in [0.15, 0.2) is 24.3 Å². The van der Waals surface area contributed by atoms with E-state index >= 15 is 0 Å². The van der Waals surface area contributed by atoms with Crippen molar-refractivity contribution in [2.75, 3.05) is 13.2 Å². The molecule has 3 rings (SSSR count). The summed E-state index contributed by atoms with van der Waals surface area (Å²) in [7, 11) is 0. The first-order valence-electron chi connectivity index (χ1n) is 15.2. The van der Waals surface area contributed by atoms with Crippen molar-refractivity contribution >= 4 is 29.4 Å². The molecule has 0 radical (unpaired) electrons. The van der Waals surface area contributed by atoms with Crippen LogP contribution in [-0.2, 0) is 30.4 Å². The highest BCUT2D eigenvalue weighted by Gasteiger charge is 2.43. The van der Waals surface area contributed by atoms with Gasteiger partial charge in [-0.2, -0.15) is 0 Å². The molecule has 5 atom stereocenters. The molecular formula is C31H46N4O7. The SMILES string of the molecule is CCOc1ccc(C[C@@H]2NC(=O)[C@](C)(CC)NC(=O)[C@H](CCCCCC(=O)[C@@H](C)O)NC(=O)[C@H]3CCCN3C2=O)cc1. The van der Waals surface area contributed by atoms with Crippen LogP contribution in [-0.4, -0.2) is 82.3 Å². The normalized spacial score (nSPS) is 25.8. The molecule has 2 heterocycles. The van der Waals surface area contributed by atoms with E-state index in [1.807, 2.05) is 31.2 Å². The van der Waals surface area contributed by atoms with Crippen LogP contribution in [0.4, 0.5) is 0 Å². The Labute approximate surface area is 248 Å². The lowest BCUT2D eigenvalue weighted by Gasteiger charge is -2.36. The minimum atomic E-state index is -1.31. The van der Waals surface area contributed by atoms with Crippen molar-refractivity contribution in [1.29, 1.82) is 0 Å². The molecule has 2 aliphatic rings. The number of nitrogens with one attached hydrogen (secondary N) is 3. The molecule has 2 aliphatic heterocycles. The predicted molar refractivity (Wildman–Crippen MR) is 157 cm³/mol. The van der Waals surface area contributed by atoms with Crippen LogP contribution in [0.5, 0.6) is 5.75 Å². The van der Waals surface area contributed by atoms with E-state index in [0.29, 0.717) is 57.4 Å². The number of fused-ring (bicyclic) bond motifs is 1. The largest absolute Gasteiger partial charge is 0.494 e. The summed E-state index contributed by atoms with van der Waals surface area (Å²) in [4.78, 5) is 67.7. The summed E-state index contributed by atoms with van der Waals surface area (Å²) < 4.78 is 5.51. The highest BCUT2D eigenvalue weighted by atomic mass is 16.5. The average Bonchev–Trinajstić information content (AvgIpc) is 3.46. The summed E-state index contributed by atoms with van der Waals surface area (Å²) in [6.45, 7) is 7.63. The first kappa shape index (κ1) is 33.0. The van der Waals surface area contributed by atoms with Gasteiger partial charge in [-0.25, -0.2) is 0 Å². The maximum Gasteiger partial charge on any atom is 0.246 e. The molecule has 0 unspecified atom stereocenters. The third-order valence-electron chi connectivity index (χ3n) is 8.24.